The van der Waals surface area contributed by atoms with Crippen LogP contribution in [0.1, 0.15) is 5.56 Å². The molecule has 0 bridgehead atoms. The van der Waals surface area contributed by atoms with Crippen LogP contribution in [0, 0.1) is 6.92 Å². The minimum atomic E-state index is 1.14. The molecule has 0 saturated heterocycles. The highest BCUT2D eigenvalue weighted by atomic mass is 15.0. The molecule has 0 spiro atoms. The molecule has 0 unspecified atom stereocenters. The van der Waals surface area contributed by atoms with Gasteiger partial charge < -0.3 is 4.57 Å². The fourth-order valence-electron chi connectivity index (χ4n) is 8.26. The summed E-state index contributed by atoms with van der Waals surface area (Å²) < 4.78 is 2.48. The van der Waals surface area contributed by atoms with Crippen LogP contribution in [0.3, 0.4) is 0 Å². The van der Waals surface area contributed by atoms with Gasteiger partial charge in [-0.05, 0) is 108 Å². The quantitative estimate of drug-likeness (QED) is 0.173. The zero-order valence-corrected chi connectivity index (χ0v) is 28.9. The summed E-state index contributed by atoms with van der Waals surface area (Å²) in [5.74, 6) is 0. The van der Waals surface area contributed by atoms with E-state index in [0.717, 1.165) is 5.69 Å². The van der Waals surface area contributed by atoms with Crippen LogP contribution in [-0.2, 0) is 0 Å². The van der Waals surface area contributed by atoms with Crippen LogP contribution in [0.2, 0.25) is 0 Å². The molecule has 0 aliphatic carbocycles. The Morgan fingerprint density at radius 2 is 0.750 bits per heavy atom. The minimum Gasteiger partial charge on any atom is -0.309 e. The molecule has 52 heavy (non-hydrogen) atoms. The van der Waals surface area contributed by atoms with Gasteiger partial charge in [0, 0.05) is 16.8 Å². The van der Waals surface area contributed by atoms with Gasteiger partial charge in [-0.2, -0.15) is 0 Å². The SMILES string of the molecule is Cc1cc(-c2ccc(-c3ccc4ccccc4c3)c3ccccc23)n(-c2ccccc2)c1-c1ccc(-c2ccc3ccccc3c2)c2ccccc12. The molecule has 0 radical (unpaired) electrons. The van der Waals surface area contributed by atoms with Crippen molar-refractivity contribution in [3.05, 3.63) is 200 Å². The Kier molecular flexibility index (Phi) is 7.11. The van der Waals surface area contributed by atoms with Gasteiger partial charge in [0.1, 0.15) is 0 Å². The van der Waals surface area contributed by atoms with E-state index in [4.69, 9.17) is 0 Å². The number of rotatable bonds is 5. The number of aromatic nitrogens is 1. The molecule has 0 aliphatic heterocycles. The maximum atomic E-state index is 2.48. The molecule has 1 heteroatoms. The van der Waals surface area contributed by atoms with E-state index in [1.807, 2.05) is 0 Å². The molecule has 0 aliphatic rings. The van der Waals surface area contributed by atoms with Crippen LogP contribution in [0.5, 0.6) is 0 Å². The van der Waals surface area contributed by atoms with Crippen molar-refractivity contribution in [2.75, 3.05) is 0 Å². The lowest BCUT2D eigenvalue weighted by Crippen LogP contribution is -2.01. The van der Waals surface area contributed by atoms with Crippen molar-refractivity contribution in [1.29, 1.82) is 0 Å². The predicted octanol–water partition coefficient (Wildman–Crippen LogP) is 14.1. The Morgan fingerprint density at radius 3 is 1.31 bits per heavy atom. The summed E-state index contributed by atoms with van der Waals surface area (Å²) in [4.78, 5) is 0. The number of para-hydroxylation sites is 1. The molecular formula is C51H35N. The molecule has 1 heterocycles. The zero-order chi connectivity index (χ0) is 34.6. The Morgan fingerprint density at radius 1 is 0.327 bits per heavy atom. The lowest BCUT2D eigenvalue weighted by Gasteiger charge is -2.19. The van der Waals surface area contributed by atoms with Gasteiger partial charge in [0.05, 0.1) is 11.4 Å². The summed E-state index contributed by atoms with van der Waals surface area (Å²) in [6.45, 7) is 2.26. The molecule has 9 aromatic carbocycles. The molecular weight excluding hydrogens is 627 g/mol. The molecule has 0 atom stereocenters. The molecule has 1 aromatic heterocycles. The van der Waals surface area contributed by atoms with E-state index in [0.29, 0.717) is 0 Å². The molecule has 0 fully saturated rings. The van der Waals surface area contributed by atoms with E-state index in [1.54, 1.807) is 0 Å². The van der Waals surface area contributed by atoms with Crippen molar-refractivity contribution in [3.63, 3.8) is 0 Å². The third-order valence-corrected chi connectivity index (χ3v) is 10.7. The maximum absolute atomic E-state index is 2.48. The van der Waals surface area contributed by atoms with Crippen molar-refractivity contribution in [1.82, 2.24) is 4.57 Å². The summed E-state index contributed by atoms with van der Waals surface area (Å²) >= 11 is 0. The van der Waals surface area contributed by atoms with E-state index in [-0.39, 0.29) is 0 Å². The number of fused-ring (bicyclic) bond motifs is 4. The average molecular weight is 662 g/mol. The first-order valence-corrected chi connectivity index (χ1v) is 18.0. The normalized spacial score (nSPS) is 11.6. The van der Waals surface area contributed by atoms with E-state index in [1.165, 1.54) is 93.4 Å². The topological polar surface area (TPSA) is 4.93 Å². The van der Waals surface area contributed by atoms with Crippen molar-refractivity contribution in [3.8, 4) is 50.5 Å². The van der Waals surface area contributed by atoms with E-state index >= 15 is 0 Å². The van der Waals surface area contributed by atoms with Gasteiger partial charge in [-0.25, -0.2) is 0 Å². The second-order valence-electron chi connectivity index (χ2n) is 13.8. The monoisotopic (exact) mass is 661 g/mol. The largest absolute Gasteiger partial charge is 0.309 e. The van der Waals surface area contributed by atoms with E-state index in [9.17, 15) is 0 Å². The number of hydrogen-bond donors (Lipinski definition) is 0. The third-order valence-electron chi connectivity index (χ3n) is 10.7. The fourth-order valence-corrected chi connectivity index (χ4v) is 8.26. The second-order valence-corrected chi connectivity index (χ2v) is 13.8. The van der Waals surface area contributed by atoms with Crippen LogP contribution < -0.4 is 0 Å². The predicted molar refractivity (Wildman–Crippen MR) is 222 cm³/mol. The lowest BCUT2D eigenvalue weighted by molar-refractivity contribution is 1.09. The molecule has 10 rings (SSSR count). The molecule has 0 N–H and O–H groups in total. The Bertz CT molecular complexity index is 2960. The molecule has 0 saturated carbocycles. The molecule has 1 nitrogen and oxygen atoms in total. The standard InChI is InChI=1S/C51H35N/c1-34-31-50(48-29-27-42(44-19-9-11-21-46(44)48)39-25-23-35-13-5-7-15-37(35)32-39)52(41-17-3-2-4-18-41)51(34)49-30-28-43(45-20-10-12-22-47(45)49)40-26-24-36-14-6-8-16-38(36)33-40/h2-33H,1H3. The number of hydrogen-bond acceptors (Lipinski definition) is 0. The second kappa shape index (κ2) is 12.3. The van der Waals surface area contributed by atoms with Crippen LogP contribution in [0.4, 0.5) is 0 Å². The number of aryl methyl sites for hydroxylation is 1. The maximum Gasteiger partial charge on any atom is 0.0570 e. The van der Waals surface area contributed by atoms with Crippen molar-refractivity contribution >= 4 is 43.1 Å². The van der Waals surface area contributed by atoms with Crippen LogP contribution in [0.15, 0.2) is 194 Å². The molecule has 10 aromatic rings. The van der Waals surface area contributed by atoms with Gasteiger partial charge in [-0.3, -0.25) is 0 Å². The summed E-state index contributed by atoms with van der Waals surface area (Å²) in [6.07, 6.45) is 0. The van der Waals surface area contributed by atoms with Gasteiger partial charge >= 0.3 is 0 Å². The van der Waals surface area contributed by atoms with E-state index < -0.39 is 0 Å². The van der Waals surface area contributed by atoms with Crippen molar-refractivity contribution in [2.24, 2.45) is 0 Å². The van der Waals surface area contributed by atoms with Gasteiger partial charge in [-0.1, -0.05) is 164 Å². The highest BCUT2D eigenvalue weighted by Gasteiger charge is 2.22. The van der Waals surface area contributed by atoms with Crippen molar-refractivity contribution < 1.29 is 0 Å². The molecule has 244 valence electrons. The minimum absolute atomic E-state index is 1.14. The summed E-state index contributed by atoms with van der Waals surface area (Å²) in [7, 11) is 0. The number of benzene rings is 9. The van der Waals surface area contributed by atoms with Crippen LogP contribution in [-0.4, -0.2) is 4.57 Å². The van der Waals surface area contributed by atoms with Gasteiger partial charge in [0.15, 0.2) is 0 Å². The zero-order valence-electron chi connectivity index (χ0n) is 28.9. The van der Waals surface area contributed by atoms with Gasteiger partial charge in [-0.15, -0.1) is 0 Å². The number of nitrogens with zero attached hydrogens (tertiary/aromatic N) is 1. The highest BCUT2D eigenvalue weighted by molar-refractivity contribution is 6.08. The average Bonchev–Trinajstić information content (AvgIpc) is 3.56. The Hall–Kier alpha value is -6.70. The lowest BCUT2D eigenvalue weighted by atomic mass is 9.92. The van der Waals surface area contributed by atoms with Gasteiger partial charge in [0.2, 0.25) is 0 Å². The van der Waals surface area contributed by atoms with Crippen molar-refractivity contribution in [2.45, 2.75) is 6.92 Å². The fraction of sp³-hybridized carbons (Fsp3) is 0.0196. The Labute approximate surface area is 303 Å². The smallest absolute Gasteiger partial charge is 0.0570 e. The summed E-state index contributed by atoms with van der Waals surface area (Å²) in [5, 5.41) is 10.0. The first-order chi connectivity index (χ1) is 25.7. The van der Waals surface area contributed by atoms with Crippen LogP contribution >= 0.6 is 0 Å². The van der Waals surface area contributed by atoms with E-state index in [2.05, 4.69) is 206 Å². The molecule has 0 amide bonds. The summed E-state index contributed by atoms with van der Waals surface area (Å²) in [5.41, 5.74) is 12.2. The summed E-state index contributed by atoms with van der Waals surface area (Å²) in [6, 6.07) is 71.1. The first kappa shape index (κ1) is 30.2. The van der Waals surface area contributed by atoms with Gasteiger partial charge in [0.25, 0.3) is 0 Å². The first-order valence-electron chi connectivity index (χ1n) is 18.0. The van der Waals surface area contributed by atoms with Crippen LogP contribution in [0.25, 0.3) is 93.5 Å². The third kappa shape index (κ3) is 4.93. The highest BCUT2D eigenvalue weighted by Crippen LogP contribution is 2.44. The Balaban J connectivity index is 1.19.